The van der Waals surface area contributed by atoms with Crippen molar-refractivity contribution in [2.45, 2.75) is 37.5 Å². The van der Waals surface area contributed by atoms with Crippen molar-refractivity contribution in [2.24, 2.45) is 29.4 Å². The lowest BCUT2D eigenvalue weighted by molar-refractivity contribution is -0.181. The minimum atomic E-state index is -2.82. The summed E-state index contributed by atoms with van der Waals surface area (Å²) in [5.41, 5.74) is 2.16. The van der Waals surface area contributed by atoms with Crippen molar-refractivity contribution in [1.82, 2.24) is 9.80 Å². The number of nitrogens with zero attached hydrogens (tertiary/aromatic N) is 2. The van der Waals surface area contributed by atoms with Gasteiger partial charge in [0.05, 0.1) is 17.5 Å². The number of Topliss-reactive ketones (excluding diaryl/α,β-unsaturated/α-hetero) is 4. The normalized spacial score (nSPS) is 30.9. The second-order valence-corrected chi connectivity index (χ2v) is 10.8. The molecule has 38 heavy (non-hydrogen) atoms. The highest BCUT2D eigenvalue weighted by molar-refractivity contribution is 6.32. The Bertz CT molecular complexity index is 1230. The molecule has 11 nitrogen and oxygen atoms in total. The summed E-state index contributed by atoms with van der Waals surface area (Å²) in [4.78, 5) is 68.7. The fraction of sp³-hybridized carbons (Fsp3) is 0.577. The number of nitrogens with two attached hydrogens (primary N) is 1. The first kappa shape index (κ1) is 28.0. The molecule has 206 valence electrons. The zero-order valence-corrected chi connectivity index (χ0v) is 21.4. The van der Waals surface area contributed by atoms with Gasteiger partial charge in [-0.25, -0.2) is 4.39 Å². The van der Waals surface area contributed by atoms with E-state index < -0.39 is 75.9 Å². The van der Waals surface area contributed by atoms with Gasteiger partial charge in [-0.1, -0.05) is 0 Å². The summed E-state index contributed by atoms with van der Waals surface area (Å²) in [7, 11) is 4.70. The number of aliphatic hydroxyl groups excluding tert-OH is 1. The van der Waals surface area contributed by atoms with Gasteiger partial charge in [0.15, 0.2) is 34.7 Å². The molecule has 1 aromatic rings. The van der Waals surface area contributed by atoms with Crippen LogP contribution in [-0.2, 0) is 32.1 Å². The van der Waals surface area contributed by atoms with Crippen molar-refractivity contribution >= 4 is 29.0 Å². The Labute approximate surface area is 218 Å². The molecule has 3 aliphatic rings. The lowest BCUT2D eigenvalue weighted by atomic mass is 9.52. The van der Waals surface area contributed by atoms with Gasteiger partial charge < -0.3 is 26.0 Å². The Kier molecular flexibility index (Phi) is 7.30. The number of aliphatic hydroxyl groups is 2. The minimum absolute atomic E-state index is 0.0412. The fourth-order valence-corrected chi connectivity index (χ4v) is 6.53. The van der Waals surface area contributed by atoms with Crippen LogP contribution < -0.4 is 5.73 Å². The molecule has 0 spiro atoms. The Morgan fingerprint density at radius 1 is 1.18 bits per heavy atom. The van der Waals surface area contributed by atoms with Gasteiger partial charge in [-0.3, -0.25) is 28.9 Å². The smallest absolute Gasteiger partial charge is 0.235 e. The standard InChI is InChI=1S/C26H32FN3O8/c1-29(2)20-14-8-11-7-13-17(15(32)9-12(19(13)27)10-30(3)5-4-6-31)21(33)16(11)23(35)26(14,38)24(36)18(22(20)34)25(28)37/h9,11,14,16,18,20,31-32,38H,4-8,10H2,1-3H3,(H2,28,37)/t11-,14-,16?,18?,20-,26-/m0/s1. The van der Waals surface area contributed by atoms with Crippen LogP contribution in [0.2, 0.25) is 0 Å². The average Bonchev–Trinajstić information content (AvgIpc) is 2.82. The maximum absolute atomic E-state index is 15.7. The van der Waals surface area contributed by atoms with Crippen molar-refractivity contribution in [2.75, 3.05) is 34.3 Å². The Balaban J connectivity index is 1.78. The van der Waals surface area contributed by atoms with Crippen LogP contribution >= 0.6 is 0 Å². The van der Waals surface area contributed by atoms with E-state index in [4.69, 9.17) is 10.8 Å². The molecule has 0 aliphatic heterocycles. The number of halogens is 1. The molecule has 2 unspecified atom stereocenters. The van der Waals surface area contributed by atoms with Crippen molar-refractivity contribution in [1.29, 1.82) is 0 Å². The molecule has 1 amide bonds. The molecule has 12 heteroatoms. The maximum atomic E-state index is 15.7. The first-order valence-corrected chi connectivity index (χ1v) is 12.4. The van der Waals surface area contributed by atoms with Crippen LogP contribution in [0.25, 0.3) is 0 Å². The SMILES string of the molecule is CN(CCCO)Cc1cc(O)c2c(c1F)C[C@H]1C[C@H]3[C@H](N(C)C)C(=O)C(C(N)=O)C(=O)[C@@]3(O)C(=O)C1C2=O. The zero-order valence-electron chi connectivity index (χ0n) is 21.4. The molecule has 2 saturated carbocycles. The topological polar surface area (TPSA) is 179 Å². The Hall–Kier alpha value is -3.06. The number of likely N-dealkylation sites (N-methyl/N-ethyl adjacent to an activating group) is 1. The molecule has 0 heterocycles. The molecule has 0 saturated heterocycles. The quantitative estimate of drug-likeness (QED) is 0.312. The Morgan fingerprint density at radius 2 is 1.84 bits per heavy atom. The van der Waals surface area contributed by atoms with Gasteiger partial charge in [0.2, 0.25) is 5.91 Å². The van der Waals surface area contributed by atoms with Crippen LogP contribution in [0.15, 0.2) is 6.07 Å². The summed E-state index contributed by atoms with van der Waals surface area (Å²) < 4.78 is 15.7. The average molecular weight is 534 g/mol. The second-order valence-electron chi connectivity index (χ2n) is 10.8. The highest BCUT2D eigenvalue weighted by Crippen LogP contribution is 2.51. The van der Waals surface area contributed by atoms with Crippen LogP contribution in [0.1, 0.15) is 34.3 Å². The van der Waals surface area contributed by atoms with Gasteiger partial charge in [0, 0.05) is 36.7 Å². The third-order valence-corrected chi connectivity index (χ3v) is 8.21. The first-order valence-electron chi connectivity index (χ1n) is 12.4. The molecule has 4 rings (SSSR count). The Morgan fingerprint density at radius 3 is 2.42 bits per heavy atom. The lowest BCUT2D eigenvalue weighted by Crippen LogP contribution is -2.74. The van der Waals surface area contributed by atoms with Gasteiger partial charge in [0.25, 0.3) is 0 Å². The monoisotopic (exact) mass is 533 g/mol. The summed E-state index contributed by atoms with van der Waals surface area (Å²) in [6.07, 6.45) is 0.176. The molecule has 6 atom stereocenters. The summed E-state index contributed by atoms with van der Waals surface area (Å²) in [6, 6.07) is -0.108. The number of carbonyl (C=O) groups is 5. The highest BCUT2D eigenvalue weighted by atomic mass is 19.1. The summed E-state index contributed by atoms with van der Waals surface area (Å²) in [5.74, 6) is -12.6. The predicted molar refractivity (Wildman–Crippen MR) is 129 cm³/mol. The number of aromatic hydroxyl groups is 1. The van der Waals surface area contributed by atoms with Gasteiger partial charge in [-0.05, 0) is 52.4 Å². The first-order chi connectivity index (χ1) is 17.8. The molecule has 0 radical (unpaired) electrons. The van der Waals surface area contributed by atoms with Gasteiger partial charge in [-0.2, -0.15) is 0 Å². The number of carbonyl (C=O) groups excluding carboxylic acids is 5. The van der Waals surface area contributed by atoms with E-state index in [2.05, 4.69) is 0 Å². The molecule has 3 aliphatic carbocycles. The zero-order chi connectivity index (χ0) is 28.3. The van der Waals surface area contributed by atoms with E-state index in [1.807, 2.05) is 0 Å². The molecule has 0 bridgehead atoms. The van der Waals surface area contributed by atoms with Crippen molar-refractivity contribution in [3.63, 3.8) is 0 Å². The van der Waals surface area contributed by atoms with E-state index in [-0.39, 0.29) is 42.7 Å². The van der Waals surface area contributed by atoms with Crippen molar-refractivity contribution in [3.05, 3.63) is 28.6 Å². The van der Waals surface area contributed by atoms with Crippen LogP contribution in [0.4, 0.5) is 4.39 Å². The van der Waals surface area contributed by atoms with Crippen LogP contribution in [0.5, 0.6) is 5.75 Å². The molecule has 5 N–H and O–H groups in total. The molecule has 0 aromatic heterocycles. The summed E-state index contributed by atoms with van der Waals surface area (Å²) in [5, 5.41) is 31.3. The highest BCUT2D eigenvalue weighted by Gasteiger charge is 2.69. The van der Waals surface area contributed by atoms with Crippen molar-refractivity contribution < 1.29 is 43.7 Å². The molecular weight excluding hydrogens is 501 g/mol. The van der Waals surface area contributed by atoms with E-state index in [1.54, 1.807) is 11.9 Å². The number of primary amides is 1. The second kappa shape index (κ2) is 9.92. The third kappa shape index (κ3) is 4.06. The number of phenolic OH excluding ortho intramolecular Hbond substituents is 1. The van der Waals surface area contributed by atoms with E-state index in [0.717, 1.165) is 6.07 Å². The van der Waals surface area contributed by atoms with Crippen LogP contribution in [-0.4, -0.2) is 100 Å². The number of hydrogen-bond donors (Lipinski definition) is 4. The molecular formula is C26H32FN3O8. The predicted octanol–water partition coefficient (Wildman–Crippen LogP) is -1.18. The van der Waals surface area contributed by atoms with Crippen LogP contribution in [0.3, 0.4) is 0 Å². The number of amides is 1. The largest absolute Gasteiger partial charge is 0.507 e. The number of ketones is 4. The van der Waals surface area contributed by atoms with Gasteiger partial charge >= 0.3 is 0 Å². The number of hydrogen-bond acceptors (Lipinski definition) is 10. The van der Waals surface area contributed by atoms with Crippen molar-refractivity contribution in [3.8, 4) is 5.75 Å². The van der Waals surface area contributed by atoms with Crippen LogP contribution in [0, 0.1) is 29.5 Å². The summed E-state index contributed by atoms with van der Waals surface area (Å²) in [6.45, 7) is 0.517. The van der Waals surface area contributed by atoms with Gasteiger partial charge in [0.1, 0.15) is 11.6 Å². The number of phenols is 1. The maximum Gasteiger partial charge on any atom is 0.235 e. The minimum Gasteiger partial charge on any atom is -0.507 e. The van der Waals surface area contributed by atoms with E-state index >= 15 is 4.39 Å². The van der Waals surface area contributed by atoms with E-state index in [0.29, 0.717) is 13.0 Å². The fourth-order valence-electron chi connectivity index (χ4n) is 6.53. The lowest BCUT2D eigenvalue weighted by Gasteiger charge is -2.52. The van der Waals surface area contributed by atoms with E-state index in [9.17, 15) is 34.2 Å². The number of benzene rings is 1. The number of rotatable bonds is 7. The van der Waals surface area contributed by atoms with E-state index in [1.165, 1.54) is 19.0 Å². The third-order valence-electron chi connectivity index (χ3n) is 8.21. The van der Waals surface area contributed by atoms with Gasteiger partial charge in [-0.15, -0.1) is 0 Å². The summed E-state index contributed by atoms with van der Waals surface area (Å²) >= 11 is 0. The number of fused-ring (bicyclic) bond motifs is 3. The molecule has 2 fully saturated rings. The molecule has 1 aromatic carbocycles.